The lowest BCUT2D eigenvalue weighted by Gasteiger charge is -2.35. The van der Waals surface area contributed by atoms with Crippen LogP contribution in [0, 0.1) is 5.82 Å². The first kappa shape index (κ1) is 17.6. The number of rotatable bonds is 4. The number of hydrogen-bond donors (Lipinski definition) is 1. The van der Waals surface area contributed by atoms with Crippen LogP contribution in [0.4, 0.5) is 4.39 Å². The van der Waals surface area contributed by atoms with Crippen molar-refractivity contribution in [2.75, 3.05) is 19.7 Å². The van der Waals surface area contributed by atoms with E-state index in [-0.39, 0.29) is 24.2 Å². The highest BCUT2D eigenvalue weighted by molar-refractivity contribution is 5.77. The summed E-state index contributed by atoms with van der Waals surface area (Å²) < 4.78 is 18.8. The predicted molar refractivity (Wildman–Crippen MR) is 92.3 cm³/mol. The molecule has 1 aliphatic rings. The van der Waals surface area contributed by atoms with E-state index in [0.29, 0.717) is 25.3 Å². The van der Waals surface area contributed by atoms with Crippen LogP contribution in [0.5, 0.6) is 0 Å². The molecule has 0 spiro atoms. The van der Waals surface area contributed by atoms with Crippen LogP contribution < -0.4 is 0 Å². The summed E-state index contributed by atoms with van der Waals surface area (Å²) in [6.45, 7) is 2.95. The maximum absolute atomic E-state index is 13.1. The number of amides is 1. The Hall–Kier alpha value is -2.24. The molecule has 1 aliphatic heterocycles. The minimum Gasteiger partial charge on any atom is -0.385 e. The number of carbonyl (C=O) groups is 1. The molecule has 1 heterocycles. The third-order valence-corrected chi connectivity index (χ3v) is 4.55. The number of morpholine rings is 1. The second-order valence-electron chi connectivity index (χ2n) is 6.57. The largest absolute Gasteiger partial charge is 0.385 e. The Bertz CT molecular complexity index is 715. The van der Waals surface area contributed by atoms with Crippen molar-refractivity contribution in [1.82, 2.24) is 4.90 Å². The van der Waals surface area contributed by atoms with E-state index in [1.807, 2.05) is 30.3 Å². The zero-order chi connectivity index (χ0) is 17.9. The standard InChI is InChI=1S/C20H22FNO3/c1-20(24,16-5-3-2-4-6-16)13-19(23)22-11-12-25-18(14-22)15-7-9-17(21)10-8-15/h2-10,18,24H,11-14H2,1H3. The zero-order valence-corrected chi connectivity index (χ0v) is 14.2. The van der Waals surface area contributed by atoms with Gasteiger partial charge in [-0.15, -0.1) is 0 Å². The molecule has 4 nitrogen and oxygen atoms in total. The summed E-state index contributed by atoms with van der Waals surface area (Å²) >= 11 is 0. The van der Waals surface area contributed by atoms with Crippen LogP contribution in [0.25, 0.3) is 0 Å². The van der Waals surface area contributed by atoms with Gasteiger partial charge in [-0.25, -0.2) is 4.39 Å². The molecule has 0 aliphatic carbocycles. The van der Waals surface area contributed by atoms with Gasteiger partial charge in [0.05, 0.1) is 25.2 Å². The van der Waals surface area contributed by atoms with Crippen molar-refractivity contribution in [1.29, 1.82) is 0 Å². The van der Waals surface area contributed by atoms with E-state index in [2.05, 4.69) is 0 Å². The average molecular weight is 343 g/mol. The minimum atomic E-state index is -1.22. The molecule has 1 N–H and O–H groups in total. The van der Waals surface area contributed by atoms with E-state index in [9.17, 15) is 14.3 Å². The molecule has 0 radical (unpaired) electrons. The van der Waals surface area contributed by atoms with E-state index >= 15 is 0 Å². The SMILES string of the molecule is CC(O)(CC(=O)N1CCOC(c2ccc(F)cc2)C1)c1ccccc1. The maximum atomic E-state index is 13.1. The number of aliphatic hydroxyl groups is 1. The number of hydrogen-bond acceptors (Lipinski definition) is 3. The fourth-order valence-corrected chi connectivity index (χ4v) is 3.06. The summed E-state index contributed by atoms with van der Waals surface area (Å²) in [7, 11) is 0. The second kappa shape index (κ2) is 7.33. The molecule has 5 heteroatoms. The van der Waals surface area contributed by atoms with Crippen LogP contribution >= 0.6 is 0 Å². The fourth-order valence-electron chi connectivity index (χ4n) is 3.06. The van der Waals surface area contributed by atoms with Crippen molar-refractivity contribution in [3.8, 4) is 0 Å². The van der Waals surface area contributed by atoms with E-state index in [1.165, 1.54) is 12.1 Å². The van der Waals surface area contributed by atoms with Gasteiger partial charge in [0, 0.05) is 6.54 Å². The van der Waals surface area contributed by atoms with Crippen LogP contribution in [0.2, 0.25) is 0 Å². The Kier molecular flexibility index (Phi) is 5.16. The summed E-state index contributed by atoms with van der Waals surface area (Å²) in [4.78, 5) is 14.4. The van der Waals surface area contributed by atoms with Crippen molar-refractivity contribution < 1.29 is 19.0 Å². The number of ether oxygens (including phenoxy) is 1. The zero-order valence-electron chi connectivity index (χ0n) is 14.2. The first-order chi connectivity index (χ1) is 12.0. The Morgan fingerprint density at radius 1 is 1.24 bits per heavy atom. The Morgan fingerprint density at radius 3 is 2.60 bits per heavy atom. The van der Waals surface area contributed by atoms with Gasteiger partial charge < -0.3 is 14.7 Å². The molecular weight excluding hydrogens is 321 g/mol. The quantitative estimate of drug-likeness (QED) is 0.928. The molecule has 0 aromatic heterocycles. The van der Waals surface area contributed by atoms with Crippen LogP contribution in [-0.4, -0.2) is 35.6 Å². The molecule has 2 unspecified atom stereocenters. The van der Waals surface area contributed by atoms with Crippen molar-refractivity contribution in [2.45, 2.75) is 25.0 Å². The summed E-state index contributed by atoms with van der Waals surface area (Å²) in [6.07, 6.45) is -0.271. The molecule has 0 bridgehead atoms. The van der Waals surface area contributed by atoms with Crippen LogP contribution in [0.15, 0.2) is 54.6 Å². The van der Waals surface area contributed by atoms with Gasteiger partial charge in [0.2, 0.25) is 5.91 Å². The van der Waals surface area contributed by atoms with Crippen molar-refractivity contribution in [3.05, 3.63) is 71.5 Å². The van der Waals surface area contributed by atoms with E-state index < -0.39 is 5.60 Å². The molecular formula is C20H22FNO3. The monoisotopic (exact) mass is 343 g/mol. The maximum Gasteiger partial charge on any atom is 0.225 e. The van der Waals surface area contributed by atoms with Gasteiger partial charge in [-0.05, 0) is 30.2 Å². The smallest absolute Gasteiger partial charge is 0.225 e. The third kappa shape index (κ3) is 4.24. The second-order valence-corrected chi connectivity index (χ2v) is 6.57. The lowest BCUT2D eigenvalue weighted by Crippen LogP contribution is -2.44. The molecule has 1 saturated heterocycles. The summed E-state index contributed by atoms with van der Waals surface area (Å²) in [5.74, 6) is -0.421. The Labute approximate surface area is 146 Å². The van der Waals surface area contributed by atoms with Crippen LogP contribution in [0.1, 0.15) is 30.6 Å². The van der Waals surface area contributed by atoms with E-state index in [1.54, 1.807) is 24.0 Å². The Morgan fingerprint density at radius 2 is 1.92 bits per heavy atom. The fraction of sp³-hybridized carbons (Fsp3) is 0.350. The van der Waals surface area contributed by atoms with E-state index in [0.717, 1.165) is 5.56 Å². The van der Waals surface area contributed by atoms with Gasteiger partial charge in [-0.2, -0.15) is 0 Å². The average Bonchev–Trinajstić information content (AvgIpc) is 2.63. The molecule has 2 atom stereocenters. The van der Waals surface area contributed by atoms with Crippen LogP contribution in [0.3, 0.4) is 0 Å². The van der Waals surface area contributed by atoms with Crippen molar-refractivity contribution >= 4 is 5.91 Å². The highest BCUT2D eigenvalue weighted by atomic mass is 19.1. The van der Waals surface area contributed by atoms with Crippen molar-refractivity contribution in [3.63, 3.8) is 0 Å². The van der Waals surface area contributed by atoms with Gasteiger partial charge in [0.15, 0.2) is 0 Å². The predicted octanol–water partition coefficient (Wildman–Crippen LogP) is 3.02. The molecule has 25 heavy (non-hydrogen) atoms. The number of nitrogens with zero attached hydrogens (tertiary/aromatic N) is 1. The van der Waals surface area contributed by atoms with Gasteiger partial charge >= 0.3 is 0 Å². The molecule has 132 valence electrons. The lowest BCUT2D eigenvalue weighted by molar-refractivity contribution is -0.144. The number of carbonyl (C=O) groups excluding carboxylic acids is 1. The molecule has 1 fully saturated rings. The minimum absolute atomic E-state index is 0.00709. The van der Waals surface area contributed by atoms with Crippen molar-refractivity contribution in [2.24, 2.45) is 0 Å². The number of halogens is 1. The first-order valence-electron chi connectivity index (χ1n) is 8.38. The van der Waals surface area contributed by atoms with Gasteiger partial charge in [-0.3, -0.25) is 4.79 Å². The van der Waals surface area contributed by atoms with Gasteiger partial charge in [0.1, 0.15) is 11.9 Å². The molecule has 1 amide bonds. The van der Waals surface area contributed by atoms with Gasteiger partial charge in [0.25, 0.3) is 0 Å². The molecule has 0 saturated carbocycles. The molecule has 3 rings (SSSR count). The summed E-state index contributed by atoms with van der Waals surface area (Å²) in [5.41, 5.74) is 0.336. The summed E-state index contributed by atoms with van der Waals surface area (Å²) in [6, 6.07) is 15.3. The highest BCUT2D eigenvalue weighted by Gasteiger charge is 2.32. The lowest BCUT2D eigenvalue weighted by atomic mass is 9.92. The topological polar surface area (TPSA) is 49.8 Å². The first-order valence-corrected chi connectivity index (χ1v) is 8.38. The third-order valence-electron chi connectivity index (χ3n) is 4.55. The Balaban J connectivity index is 1.67. The molecule has 2 aromatic carbocycles. The van der Waals surface area contributed by atoms with Gasteiger partial charge in [-0.1, -0.05) is 42.5 Å². The van der Waals surface area contributed by atoms with Crippen LogP contribution in [-0.2, 0) is 15.1 Å². The molecule has 2 aromatic rings. The summed E-state index contributed by atoms with van der Waals surface area (Å²) in [5, 5.41) is 10.7. The normalized spacial score (nSPS) is 20.1. The highest BCUT2D eigenvalue weighted by Crippen LogP contribution is 2.27. The number of benzene rings is 2. The van der Waals surface area contributed by atoms with E-state index in [4.69, 9.17) is 4.74 Å².